The predicted octanol–water partition coefficient (Wildman–Crippen LogP) is 3.22. The number of nitrogens with two attached hydrogens (primary N) is 1. The predicted molar refractivity (Wildman–Crippen MR) is 59.8 cm³/mol. The number of benzene rings is 1. The van der Waals surface area contributed by atoms with Gasteiger partial charge in [0.2, 0.25) is 5.95 Å². The Labute approximate surface area is 100.0 Å². The molecule has 1 heterocycles. The van der Waals surface area contributed by atoms with Crippen molar-refractivity contribution >= 4 is 28.6 Å². The molecule has 1 aromatic carbocycles. The molecule has 0 amide bonds. The fraction of sp³-hybridized carbons (Fsp3) is 0.300. The van der Waals surface area contributed by atoms with Crippen molar-refractivity contribution in [3.8, 4) is 0 Å². The van der Waals surface area contributed by atoms with Gasteiger partial charge in [-0.2, -0.15) is 13.2 Å². The van der Waals surface area contributed by atoms with Crippen molar-refractivity contribution in [2.75, 3.05) is 5.73 Å². The molecule has 0 fully saturated rings. The molecule has 0 bridgehead atoms. The molecule has 0 saturated heterocycles. The summed E-state index contributed by atoms with van der Waals surface area (Å²) in [5, 5.41) is 0.375. The number of anilines is 1. The number of hydrogen-bond donors (Lipinski definition) is 1. The Morgan fingerprint density at radius 2 is 2.06 bits per heavy atom. The van der Waals surface area contributed by atoms with Gasteiger partial charge in [-0.15, -0.1) is 0 Å². The van der Waals surface area contributed by atoms with Gasteiger partial charge in [-0.3, -0.25) is 0 Å². The van der Waals surface area contributed by atoms with E-state index in [2.05, 4.69) is 4.98 Å². The lowest BCUT2D eigenvalue weighted by Crippen LogP contribution is -2.13. The van der Waals surface area contributed by atoms with E-state index < -0.39 is 12.6 Å². The van der Waals surface area contributed by atoms with E-state index in [0.717, 1.165) is 0 Å². The highest BCUT2D eigenvalue weighted by Crippen LogP contribution is 2.27. The number of rotatable bonds is 2. The van der Waals surface area contributed by atoms with E-state index >= 15 is 0 Å². The van der Waals surface area contributed by atoms with Gasteiger partial charge in [0.25, 0.3) is 0 Å². The van der Waals surface area contributed by atoms with E-state index in [4.69, 9.17) is 17.3 Å². The summed E-state index contributed by atoms with van der Waals surface area (Å²) in [6, 6.07) is 4.90. The third kappa shape index (κ3) is 2.46. The summed E-state index contributed by atoms with van der Waals surface area (Å²) in [5.41, 5.74) is 6.52. The summed E-state index contributed by atoms with van der Waals surface area (Å²) in [5.74, 6) is 0.0392. The molecule has 0 aliphatic heterocycles. The van der Waals surface area contributed by atoms with Crippen LogP contribution in [-0.2, 0) is 6.54 Å². The quantitative estimate of drug-likeness (QED) is 0.904. The standard InChI is InChI=1S/C10H9ClF3N3/c11-6-2-1-3-7-8(6)16-9(15)17(7)5-4-10(12,13)14/h1-3H,4-5H2,(H2,15,16). The summed E-state index contributed by atoms with van der Waals surface area (Å²) < 4.78 is 37.8. The van der Waals surface area contributed by atoms with Crippen LogP contribution in [0.5, 0.6) is 0 Å². The van der Waals surface area contributed by atoms with E-state index in [0.29, 0.717) is 16.1 Å². The zero-order valence-electron chi connectivity index (χ0n) is 8.63. The van der Waals surface area contributed by atoms with Gasteiger partial charge in [-0.05, 0) is 12.1 Å². The lowest BCUT2D eigenvalue weighted by molar-refractivity contribution is -0.136. The first-order chi connectivity index (χ1) is 7.88. The average Bonchev–Trinajstić information content (AvgIpc) is 2.52. The molecular weight excluding hydrogens is 255 g/mol. The SMILES string of the molecule is Nc1nc2c(Cl)cccc2n1CCC(F)(F)F. The van der Waals surface area contributed by atoms with Gasteiger partial charge in [-0.25, -0.2) is 4.98 Å². The Hall–Kier alpha value is -1.43. The van der Waals surface area contributed by atoms with Crippen LogP contribution in [0.15, 0.2) is 18.2 Å². The van der Waals surface area contributed by atoms with Crippen molar-refractivity contribution in [3.63, 3.8) is 0 Å². The first-order valence-corrected chi connectivity index (χ1v) is 5.23. The molecule has 2 aromatic rings. The Balaban J connectivity index is 2.40. The Morgan fingerprint density at radius 1 is 1.35 bits per heavy atom. The Bertz CT molecular complexity index is 547. The smallest absolute Gasteiger partial charge is 0.369 e. The molecule has 2 rings (SSSR count). The molecule has 2 N–H and O–H groups in total. The summed E-state index contributed by atoms with van der Waals surface area (Å²) in [7, 11) is 0. The lowest BCUT2D eigenvalue weighted by atomic mass is 10.3. The summed E-state index contributed by atoms with van der Waals surface area (Å²) in [6.07, 6.45) is -5.17. The third-order valence-electron chi connectivity index (χ3n) is 2.38. The fourth-order valence-corrected chi connectivity index (χ4v) is 1.82. The van der Waals surface area contributed by atoms with Crippen LogP contribution in [0.1, 0.15) is 6.42 Å². The molecule has 0 aliphatic rings. The van der Waals surface area contributed by atoms with E-state index in [-0.39, 0.29) is 12.5 Å². The molecule has 3 nitrogen and oxygen atoms in total. The van der Waals surface area contributed by atoms with Crippen molar-refractivity contribution in [1.29, 1.82) is 0 Å². The minimum Gasteiger partial charge on any atom is -0.369 e. The summed E-state index contributed by atoms with van der Waals surface area (Å²) in [4.78, 5) is 3.95. The molecule has 0 spiro atoms. The average molecular weight is 264 g/mol. The van der Waals surface area contributed by atoms with E-state index in [1.165, 1.54) is 4.57 Å². The highest BCUT2D eigenvalue weighted by atomic mass is 35.5. The Morgan fingerprint density at radius 3 is 2.71 bits per heavy atom. The van der Waals surface area contributed by atoms with Gasteiger partial charge < -0.3 is 10.3 Å². The van der Waals surface area contributed by atoms with E-state index in [1.807, 2.05) is 0 Å². The number of halogens is 4. The van der Waals surface area contributed by atoms with Gasteiger partial charge in [0.15, 0.2) is 0 Å². The second-order valence-electron chi connectivity index (χ2n) is 3.59. The molecular formula is C10H9ClF3N3. The minimum atomic E-state index is -4.22. The zero-order valence-corrected chi connectivity index (χ0v) is 9.39. The molecule has 0 radical (unpaired) electrons. The van der Waals surface area contributed by atoms with Crippen LogP contribution in [0.2, 0.25) is 5.02 Å². The number of imidazole rings is 1. The molecule has 0 saturated carbocycles. The Kier molecular flexibility index (Phi) is 2.91. The first-order valence-electron chi connectivity index (χ1n) is 4.85. The second kappa shape index (κ2) is 4.10. The van der Waals surface area contributed by atoms with Crippen molar-refractivity contribution in [2.45, 2.75) is 19.1 Å². The number of fused-ring (bicyclic) bond motifs is 1. The molecule has 0 aliphatic carbocycles. The maximum absolute atomic E-state index is 12.2. The molecule has 17 heavy (non-hydrogen) atoms. The number of alkyl halides is 3. The van der Waals surface area contributed by atoms with Gasteiger partial charge >= 0.3 is 6.18 Å². The third-order valence-corrected chi connectivity index (χ3v) is 2.68. The number of aromatic nitrogens is 2. The van der Waals surface area contributed by atoms with Crippen LogP contribution in [-0.4, -0.2) is 15.7 Å². The van der Waals surface area contributed by atoms with Gasteiger partial charge in [0, 0.05) is 6.54 Å². The fourth-order valence-electron chi connectivity index (χ4n) is 1.60. The minimum absolute atomic E-state index is 0.0392. The maximum atomic E-state index is 12.2. The monoisotopic (exact) mass is 263 g/mol. The highest BCUT2D eigenvalue weighted by molar-refractivity contribution is 6.35. The number of para-hydroxylation sites is 1. The molecule has 7 heteroatoms. The van der Waals surface area contributed by atoms with E-state index in [1.54, 1.807) is 18.2 Å². The highest BCUT2D eigenvalue weighted by Gasteiger charge is 2.27. The van der Waals surface area contributed by atoms with E-state index in [9.17, 15) is 13.2 Å². The summed E-state index contributed by atoms with van der Waals surface area (Å²) in [6.45, 7) is -0.258. The molecule has 0 unspecified atom stereocenters. The maximum Gasteiger partial charge on any atom is 0.390 e. The molecule has 92 valence electrons. The van der Waals surface area contributed by atoms with Crippen molar-refractivity contribution in [1.82, 2.24) is 9.55 Å². The molecule has 0 atom stereocenters. The number of nitrogens with zero attached hydrogens (tertiary/aromatic N) is 2. The van der Waals surface area contributed by atoms with Gasteiger partial charge in [0.05, 0.1) is 17.0 Å². The van der Waals surface area contributed by atoms with Crippen molar-refractivity contribution in [3.05, 3.63) is 23.2 Å². The number of hydrogen-bond acceptors (Lipinski definition) is 2. The van der Waals surface area contributed by atoms with Crippen molar-refractivity contribution < 1.29 is 13.2 Å². The van der Waals surface area contributed by atoms with Crippen LogP contribution in [0, 0.1) is 0 Å². The second-order valence-corrected chi connectivity index (χ2v) is 4.00. The van der Waals surface area contributed by atoms with Crippen LogP contribution in [0.3, 0.4) is 0 Å². The van der Waals surface area contributed by atoms with Crippen LogP contribution < -0.4 is 5.73 Å². The zero-order chi connectivity index (χ0) is 12.6. The number of aryl methyl sites for hydroxylation is 1. The van der Waals surface area contributed by atoms with Crippen LogP contribution in [0.25, 0.3) is 11.0 Å². The van der Waals surface area contributed by atoms with Gasteiger partial charge in [-0.1, -0.05) is 17.7 Å². The van der Waals surface area contributed by atoms with Crippen molar-refractivity contribution in [2.24, 2.45) is 0 Å². The molecule has 1 aromatic heterocycles. The lowest BCUT2D eigenvalue weighted by Gasteiger charge is -2.08. The largest absolute Gasteiger partial charge is 0.390 e. The topological polar surface area (TPSA) is 43.8 Å². The van der Waals surface area contributed by atoms with Gasteiger partial charge in [0.1, 0.15) is 5.52 Å². The van der Waals surface area contributed by atoms with Crippen LogP contribution in [0.4, 0.5) is 19.1 Å². The summed E-state index contributed by atoms with van der Waals surface area (Å²) >= 11 is 5.88. The first kappa shape index (κ1) is 12.0. The number of nitrogen functional groups attached to an aromatic ring is 1. The van der Waals surface area contributed by atoms with Crippen LogP contribution >= 0.6 is 11.6 Å². The normalized spacial score (nSPS) is 12.2.